The van der Waals surface area contributed by atoms with E-state index in [1.54, 1.807) is 0 Å². The van der Waals surface area contributed by atoms with Gasteiger partial charge in [-0.15, -0.1) is 24.8 Å². The van der Waals surface area contributed by atoms with Gasteiger partial charge in [-0.1, -0.05) is 119 Å². The van der Waals surface area contributed by atoms with Crippen molar-refractivity contribution in [2.75, 3.05) is 34.5 Å². The van der Waals surface area contributed by atoms with E-state index in [0.29, 0.717) is 0 Å². The van der Waals surface area contributed by atoms with Crippen LogP contribution >= 0.6 is 28.5 Å². The highest BCUT2D eigenvalue weighted by molar-refractivity contribution is 8.33. The van der Waals surface area contributed by atoms with Gasteiger partial charge in [-0.25, -0.2) is 12.5 Å². The Morgan fingerprint density at radius 2 is 0.676 bits per heavy atom. The molecule has 0 saturated carbocycles. The summed E-state index contributed by atoms with van der Waals surface area (Å²) in [5.74, 6) is 5.18. The standard InChI is InChI=1S/C30H66FO3PS2/c1-7-13-19-21-23-29-36(25-15-9-3,26-16-10-4)33-35(31,32)34-37(27-17-11-5,28-18-12-6)30-24-22-20-14-8-2/h7-30H2,1-6H3. The summed E-state index contributed by atoms with van der Waals surface area (Å²) in [6.07, 6.45) is 20.0. The first-order chi connectivity index (χ1) is 17.8. The lowest BCUT2D eigenvalue weighted by atomic mass is 10.2. The fraction of sp³-hybridized carbons (Fsp3) is 1.00. The van der Waals surface area contributed by atoms with Gasteiger partial charge in [0.2, 0.25) is 0 Å². The van der Waals surface area contributed by atoms with Gasteiger partial charge in [-0.3, -0.25) is 0 Å². The van der Waals surface area contributed by atoms with E-state index in [1.807, 2.05) is 0 Å². The maximum atomic E-state index is 16.2. The molecule has 0 aromatic carbocycles. The Kier molecular flexibility index (Phi) is 24.0. The first-order valence-corrected chi connectivity index (χ1v) is 21.6. The van der Waals surface area contributed by atoms with Crippen LogP contribution in [0.1, 0.15) is 157 Å². The predicted molar refractivity (Wildman–Crippen MR) is 172 cm³/mol. The normalized spacial score (nSPS) is 13.8. The van der Waals surface area contributed by atoms with Crippen molar-refractivity contribution in [3.8, 4) is 0 Å². The molecule has 0 aliphatic carbocycles. The molecule has 0 bridgehead atoms. The van der Waals surface area contributed by atoms with Gasteiger partial charge in [0.15, 0.2) is 0 Å². The van der Waals surface area contributed by atoms with Crippen molar-refractivity contribution in [2.45, 2.75) is 157 Å². The molecule has 0 aromatic heterocycles. The largest absolute Gasteiger partial charge is 0.532 e. The molecule has 0 atom stereocenters. The second-order valence-electron chi connectivity index (χ2n) is 11.0. The molecule has 0 fully saturated rings. The zero-order valence-corrected chi connectivity index (χ0v) is 28.4. The van der Waals surface area contributed by atoms with Crippen LogP contribution in [-0.4, -0.2) is 34.5 Å². The van der Waals surface area contributed by atoms with Crippen molar-refractivity contribution in [3.63, 3.8) is 0 Å². The van der Waals surface area contributed by atoms with E-state index in [9.17, 15) is 4.57 Å². The molecule has 0 aliphatic heterocycles. The van der Waals surface area contributed by atoms with E-state index in [1.165, 1.54) is 38.5 Å². The van der Waals surface area contributed by atoms with E-state index in [4.69, 9.17) is 7.94 Å². The summed E-state index contributed by atoms with van der Waals surface area (Å²) < 4.78 is 42.4. The Bertz CT molecular complexity index is 505. The predicted octanol–water partition coefficient (Wildman–Crippen LogP) is 12.7. The average Bonchev–Trinajstić information content (AvgIpc) is 2.87. The maximum absolute atomic E-state index is 16.2. The molecule has 0 aliphatic rings. The molecule has 0 amide bonds. The van der Waals surface area contributed by atoms with Crippen LogP contribution < -0.4 is 0 Å². The fourth-order valence-corrected chi connectivity index (χ4v) is 15.9. The Morgan fingerprint density at radius 1 is 0.432 bits per heavy atom. The van der Waals surface area contributed by atoms with Crippen LogP contribution in [0, 0.1) is 0 Å². The maximum Gasteiger partial charge on any atom is 0.532 e. The van der Waals surface area contributed by atoms with Crippen LogP contribution in [0.5, 0.6) is 0 Å². The SMILES string of the molecule is CCCCCCCS(CCCC)(CCCC)OP(=O)(F)OS(CCCC)(CCCC)CCCCCCC. The van der Waals surface area contributed by atoms with Gasteiger partial charge < -0.3 is 0 Å². The van der Waals surface area contributed by atoms with Gasteiger partial charge in [0, 0.05) is 0 Å². The molecule has 37 heavy (non-hydrogen) atoms. The minimum atomic E-state index is -4.64. The number of hydrogen-bond acceptors (Lipinski definition) is 3. The van der Waals surface area contributed by atoms with Crippen molar-refractivity contribution >= 4 is 28.5 Å². The second kappa shape index (κ2) is 23.5. The van der Waals surface area contributed by atoms with Gasteiger partial charge in [0.05, 0.1) is 0 Å². The zero-order valence-electron chi connectivity index (χ0n) is 25.8. The highest BCUT2D eigenvalue weighted by Crippen LogP contribution is 2.73. The van der Waals surface area contributed by atoms with E-state index < -0.39 is 28.5 Å². The van der Waals surface area contributed by atoms with Crippen LogP contribution in [0.15, 0.2) is 0 Å². The molecule has 3 nitrogen and oxygen atoms in total. The number of hydrogen-bond donors (Lipinski definition) is 0. The molecule has 0 N–H and O–H groups in total. The van der Waals surface area contributed by atoms with Gasteiger partial charge in [0.1, 0.15) is 0 Å². The van der Waals surface area contributed by atoms with Crippen molar-refractivity contribution in [3.05, 3.63) is 0 Å². The quantitative estimate of drug-likeness (QED) is 0.0673. The van der Waals surface area contributed by atoms with Crippen LogP contribution in [0.2, 0.25) is 0 Å². The summed E-state index contributed by atoms with van der Waals surface area (Å²) in [6.45, 7) is 13.2. The minimum absolute atomic E-state index is 0.859. The third-order valence-electron chi connectivity index (χ3n) is 7.21. The molecule has 7 heteroatoms. The molecular formula is C30H66FO3PS2. The van der Waals surface area contributed by atoms with Crippen molar-refractivity contribution in [1.29, 1.82) is 0 Å². The average molecular weight is 589 g/mol. The second-order valence-corrected chi connectivity index (χ2v) is 19.3. The molecule has 0 heterocycles. The molecule has 0 spiro atoms. The zero-order chi connectivity index (χ0) is 27.9. The molecular weight excluding hydrogens is 522 g/mol. The molecule has 0 saturated heterocycles. The van der Waals surface area contributed by atoms with Gasteiger partial charge in [-0.2, -0.15) is 0 Å². The molecule has 0 rings (SSSR count). The molecule has 0 radical (unpaired) electrons. The third kappa shape index (κ3) is 18.7. The van der Waals surface area contributed by atoms with Crippen LogP contribution in [-0.2, 0) is 12.5 Å². The lowest BCUT2D eigenvalue weighted by Crippen LogP contribution is -2.20. The fourth-order valence-electron chi connectivity index (χ4n) is 4.79. The number of rotatable bonds is 28. The Labute approximate surface area is 236 Å². The summed E-state index contributed by atoms with van der Waals surface area (Å²) in [6, 6.07) is 0. The van der Waals surface area contributed by atoms with Gasteiger partial charge in [-0.05, 0) is 73.0 Å². The van der Waals surface area contributed by atoms with E-state index in [2.05, 4.69) is 41.5 Å². The molecule has 228 valence electrons. The van der Waals surface area contributed by atoms with E-state index in [-0.39, 0.29) is 0 Å². The smallest absolute Gasteiger partial charge is 0.233 e. The van der Waals surface area contributed by atoms with Crippen LogP contribution in [0.3, 0.4) is 0 Å². The van der Waals surface area contributed by atoms with Crippen LogP contribution in [0.4, 0.5) is 4.20 Å². The van der Waals surface area contributed by atoms with Gasteiger partial charge >= 0.3 is 7.91 Å². The van der Waals surface area contributed by atoms with Crippen molar-refractivity contribution in [1.82, 2.24) is 0 Å². The Balaban J connectivity index is 5.81. The number of unbranched alkanes of at least 4 members (excludes halogenated alkanes) is 12. The minimum Gasteiger partial charge on any atom is -0.233 e. The summed E-state index contributed by atoms with van der Waals surface area (Å²) in [5, 5.41) is 0. The molecule has 0 unspecified atom stereocenters. The summed E-state index contributed by atoms with van der Waals surface area (Å²) in [4.78, 5) is 0. The first-order valence-electron chi connectivity index (χ1n) is 16.0. The summed E-state index contributed by atoms with van der Waals surface area (Å²) in [7, 11) is -8.17. The first kappa shape index (κ1) is 37.8. The summed E-state index contributed by atoms with van der Waals surface area (Å²) >= 11 is 0. The molecule has 0 aromatic rings. The van der Waals surface area contributed by atoms with Gasteiger partial charge in [0.25, 0.3) is 0 Å². The monoisotopic (exact) mass is 588 g/mol. The van der Waals surface area contributed by atoms with E-state index in [0.717, 1.165) is 112 Å². The lowest BCUT2D eigenvalue weighted by Gasteiger charge is -2.44. The third-order valence-corrected chi connectivity index (χ3v) is 17.4. The Morgan fingerprint density at radius 3 is 0.946 bits per heavy atom. The van der Waals surface area contributed by atoms with Crippen molar-refractivity contribution < 1.29 is 16.7 Å². The topological polar surface area (TPSA) is 35.5 Å². The number of halogens is 1. The van der Waals surface area contributed by atoms with E-state index >= 15 is 4.20 Å². The lowest BCUT2D eigenvalue weighted by molar-refractivity contribution is 0.363. The Hall–Kier alpha value is 0.780. The highest BCUT2D eigenvalue weighted by Gasteiger charge is 2.41. The summed E-state index contributed by atoms with van der Waals surface area (Å²) in [5.41, 5.74) is 0. The highest BCUT2D eigenvalue weighted by atomic mass is 32.3. The van der Waals surface area contributed by atoms with Crippen molar-refractivity contribution in [2.24, 2.45) is 0 Å². The van der Waals surface area contributed by atoms with Crippen LogP contribution in [0.25, 0.3) is 0 Å².